The molecule has 0 aliphatic rings. The minimum Gasteiger partial charge on any atom is -0.493 e. The first kappa shape index (κ1) is 24.0. The molecule has 0 unspecified atom stereocenters. The number of carboxylic acids is 1. The second-order valence-electron chi connectivity index (χ2n) is 6.78. The Morgan fingerprint density at radius 2 is 1.74 bits per heavy atom. The van der Waals surface area contributed by atoms with Crippen molar-refractivity contribution in [3.8, 4) is 17.6 Å². The van der Waals surface area contributed by atoms with Crippen molar-refractivity contribution in [1.29, 1.82) is 5.26 Å². The third kappa shape index (κ3) is 5.79. The maximum absolute atomic E-state index is 12.6. The summed E-state index contributed by atoms with van der Waals surface area (Å²) in [5.74, 6) is -2.28. The van der Waals surface area contributed by atoms with E-state index >= 15 is 0 Å². The molecule has 0 fully saturated rings. The summed E-state index contributed by atoms with van der Waals surface area (Å²) in [5, 5.41) is 21.6. The number of para-hydroxylation sites is 1. The van der Waals surface area contributed by atoms with E-state index in [-0.39, 0.29) is 28.3 Å². The highest BCUT2D eigenvalue weighted by atomic mass is 35.5. The fourth-order valence-electron chi connectivity index (χ4n) is 2.89. The second-order valence-corrected chi connectivity index (χ2v) is 7.22. The minimum absolute atomic E-state index is 0.0585. The zero-order valence-corrected chi connectivity index (χ0v) is 18.5. The molecule has 3 rings (SSSR count). The van der Waals surface area contributed by atoms with Crippen molar-refractivity contribution >= 4 is 41.2 Å². The SMILES string of the molecule is COc1cc(/C=C(\C#N)C(=O)Nc2ccccc2C(=O)O)ccc1OC(=O)c1ccc(Cl)cc1. The van der Waals surface area contributed by atoms with Crippen LogP contribution >= 0.6 is 11.6 Å². The average molecular weight is 477 g/mol. The summed E-state index contributed by atoms with van der Waals surface area (Å²) < 4.78 is 10.7. The molecule has 0 heterocycles. The van der Waals surface area contributed by atoms with Crippen molar-refractivity contribution in [2.24, 2.45) is 0 Å². The number of esters is 1. The predicted octanol–water partition coefficient (Wildman–Crippen LogP) is 4.81. The highest BCUT2D eigenvalue weighted by Gasteiger charge is 2.16. The molecule has 2 N–H and O–H groups in total. The van der Waals surface area contributed by atoms with Gasteiger partial charge in [0.2, 0.25) is 0 Å². The van der Waals surface area contributed by atoms with Crippen molar-refractivity contribution < 1.29 is 29.0 Å². The van der Waals surface area contributed by atoms with Crippen LogP contribution in [-0.4, -0.2) is 30.1 Å². The molecule has 3 aromatic rings. The van der Waals surface area contributed by atoms with Gasteiger partial charge >= 0.3 is 11.9 Å². The molecule has 0 atom stereocenters. The van der Waals surface area contributed by atoms with Gasteiger partial charge in [-0.3, -0.25) is 4.79 Å². The summed E-state index contributed by atoms with van der Waals surface area (Å²) in [4.78, 5) is 36.3. The number of methoxy groups -OCH3 is 1. The lowest BCUT2D eigenvalue weighted by Crippen LogP contribution is -2.16. The Kier molecular flexibility index (Phi) is 7.64. The van der Waals surface area contributed by atoms with Gasteiger partial charge in [-0.25, -0.2) is 9.59 Å². The van der Waals surface area contributed by atoms with E-state index in [2.05, 4.69) is 5.32 Å². The number of carbonyl (C=O) groups excluding carboxylic acids is 2. The van der Waals surface area contributed by atoms with Gasteiger partial charge in [-0.2, -0.15) is 5.26 Å². The topological polar surface area (TPSA) is 126 Å². The maximum Gasteiger partial charge on any atom is 0.343 e. The summed E-state index contributed by atoms with van der Waals surface area (Å²) in [5.41, 5.74) is 0.389. The van der Waals surface area contributed by atoms with Crippen molar-refractivity contribution in [3.05, 3.63) is 94.0 Å². The molecule has 0 radical (unpaired) electrons. The standard InChI is InChI=1S/C25H17ClN2O6/c1-33-22-13-15(6-11-21(22)34-25(32)16-7-9-18(26)10-8-16)12-17(14-27)23(29)28-20-5-3-2-4-19(20)24(30)31/h2-13H,1H3,(H,28,29)(H,30,31)/b17-12+. The first-order chi connectivity index (χ1) is 16.3. The molecule has 0 aliphatic carbocycles. The molecule has 34 heavy (non-hydrogen) atoms. The second kappa shape index (κ2) is 10.8. The van der Waals surface area contributed by atoms with Crippen molar-refractivity contribution in [2.75, 3.05) is 12.4 Å². The average Bonchev–Trinajstić information content (AvgIpc) is 2.83. The molecule has 0 saturated heterocycles. The molecule has 8 nitrogen and oxygen atoms in total. The number of benzene rings is 3. The van der Waals surface area contributed by atoms with Crippen LogP contribution in [0.25, 0.3) is 6.08 Å². The van der Waals surface area contributed by atoms with Gasteiger partial charge in [-0.05, 0) is 60.2 Å². The van der Waals surface area contributed by atoms with Crippen molar-refractivity contribution in [3.63, 3.8) is 0 Å². The zero-order chi connectivity index (χ0) is 24.7. The number of nitrogens with zero attached hydrogens (tertiary/aromatic N) is 1. The van der Waals surface area contributed by atoms with Crippen LogP contribution < -0.4 is 14.8 Å². The molecular formula is C25H17ClN2O6. The summed E-state index contributed by atoms with van der Waals surface area (Å²) in [6.45, 7) is 0. The van der Waals surface area contributed by atoms with Gasteiger partial charge in [0.15, 0.2) is 11.5 Å². The molecule has 9 heteroatoms. The molecular weight excluding hydrogens is 460 g/mol. The molecule has 0 aromatic heterocycles. The van der Waals surface area contributed by atoms with E-state index in [1.807, 2.05) is 0 Å². The van der Waals surface area contributed by atoms with Gasteiger partial charge in [-0.1, -0.05) is 29.8 Å². The number of carbonyl (C=O) groups is 3. The number of carboxylic acid groups (broad SMARTS) is 1. The number of hydrogen-bond acceptors (Lipinski definition) is 6. The van der Waals surface area contributed by atoms with Gasteiger partial charge < -0.3 is 19.9 Å². The first-order valence-corrected chi connectivity index (χ1v) is 10.1. The molecule has 0 bridgehead atoms. The maximum atomic E-state index is 12.6. The Labute approximate surface area is 199 Å². The smallest absolute Gasteiger partial charge is 0.343 e. The molecule has 3 aromatic carbocycles. The van der Waals surface area contributed by atoms with E-state index in [0.29, 0.717) is 16.1 Å². The Hall–Kier alpha value is -4.61. The normalized spacial score (nSPS) is 10.7. The van der Waals surface area contributed by atoms with Crippen molar-refractivity contribution in [1.82, 2.24) is 0 Å². The number of halogens is 1. The Morgan fingerprint density at radius 3 is 2.38 bits per heavy atom. The van der Waals surface area contributed by atoms with Crippen LogP contribution in [0.4, 0.5) is 5.69 Å². The summed E-state index contributed by atoms with van der Waals surface area (Å²) in [6.07, 6.45) is 1.30. The van der Waals surface area contributed by atoms with Crippen molar-refractivity contribution in [2.45, 2.75) is 0 Å². The van der Waals surface area contributed by atoms with Crippen LogP contribution in [-0.2, 0) is 4.79 Å². The molecule has 0 saturated carbocycles. The minimum atomic E-state index is -1.22. The first-order valence-electron chi connectivity index (χ1n) is 9.73. The number of rotatable bonds is 7. The number of aromatic carboxylic acids is 1. The van der Waals surface area contributed by atoms with Gasteiger partial charge in [0.1, 0.15) is 11.6 Å². The number of anilines is 1. The van der Waals surface area contributed by atoms with Gasteiger partial charge in [0, 0.05) is 5.02 Å². The molecule has 170 valence electrons. The van der Waals surface area contributed by atoms with Gasteiger partial charge in [-0.15, -0.1) is 0 Å². The van der Waals surface area contributed by atoms with E-state index in [1.54, 1.807) is 24.3 Å². The lowest BCUT2D eigenvalue weighted by molar-refractivity contribution is -0.112. The van der Waals surface area contributed by atoms with Crippen LogP contribution in [0.5, 0.6) is 11.5 Å². The lowest BCUT2D eigenvalue weighted by atomic mass is 10.1. The van der Waals surface area contributed by atoms with E-state index in [4.69, 9.17) is 21.1 Å². The van der Waals surface area contributed by atoms with Gasteiger partial charge in [0.25, 0.3) is 5.91 Å². The fraction of sp³-hybridized carbons (Fsp3) is 0.0400. The van der Waals surface area contributed by atoms with Gasteiger partial charge in [0.05, 0.1) is 23.9 Å². The summed E-state index contributed by atoms with van der Waals surface area (Å²) in [6, 6.07) is 18.3. The number of nitriles is 1. The highest BCUT2D eigenvalue weighted by Crippen LogP contribution is 2.30. The Bertz CT molecular complexity index is 1330. The largest absolute Gasteiger partial charge is 0.493 e. The molecule has 1 amide bonds. The number of amides is 1. The Balaban J connectivity index is 1.82. The van der Waals surface area contributed by atoms with Crippen LogP contribution in [0.1, 0.15) is 26.3 Å². The lowest BCUT2D eigenvalue weighted by Gasteiger charge is -2.11. The zero-order valence-electron chi connectivity index (χ0n) is 17.7. The van der Waals surface area contributed by atoms with Crippen LogP contribution in [0.15, 0.2) is 72.3 Å². The summed E-state index contributed by atoms with van der Waals surface area (Å²) >= 11 is 5.83. The third-order valence-electron chi connectivity index (χ3n) is 4.55. The molecule has 0 aliphatic heterocycles. The molecule has 0 spiro atoms. The number of hydrogen-bond donors (Lipinski definition) is 2. The van der Waals surface area contributed by atoms with Crippen LogP contribution in [0.2, 0.25) is 5.02 Å². The van der Waals surface area contributed by atoms with E-state index in [1.165, 1.54) is 61.7 Å². The summed E-state index contributed by atoms with van der Waals surface area (Å²) in [7, 11) is 1.38. The predicted molar refractivity (Wildman–Crippen MR) is 125 cm³/mol. The highest BCUT2D eigenvalue weighted by molar-refractivity contribution is 6.30. The fourth-order valence-corrected chi connectivity index (χ4v) is 3.01. The van der Waals surface area contributed by atoms with E-state index in [9.17, 15) is 24.8 Å². The van der Waals surface area contributed by atoms with Crippen LogP contribution in [0, 0.1) is 11.3 Å². The van der Waals surface area contributed by atoms with Crippen LogP contribution in [0.3, 0.4) is 0 Å². The number of ether oxygens (including phenoxy) is 2. The third-order valence-corrected chi connectivity index (χ3v) is 4.80. The quantitative estimate of drug-likeness (QED) is 0.217. The van der Waals surface area contributed by atoms with E-state index < -0.39 is 17.8 Å². The number of nitrogens with one attached hydrogen (secondary N) is 1. The monoisotopic (exact) mass is 476 g/mol. The van der Waals surface area contributed by atoms with E-state index in [0.717, 1.165) is 0 Å². The Morgan fingerprint density at radius 1 is 1.03 bits per heavy atom.